The Balaban J connectivity index is 2.27. The first kappa shape index (κ1) is 29.1. The van der Waals surface area contributed by atoms with Gasteiger partial charge in [0.1, 0.15) is 11.5 Å². The zero-order valence-electron chi connectivity index (χ0n) is 22.8. The van der Waals surface area contributed by atoms with Gasteiger partial charge in [0, 0.05) is 17.3 Å². The zero-order chi connectivity index (χ0) is 27.3. The normalized spacial score (nSPS) is 13.6. The number of carbonyl (C=O) groups excluding carboxylic acids is 2. The predicted molar refractivity (Wildman–Crippen MR) is 144 cm³/mol. The molecule has 2 rings (SSSR count). The standard InChI is InChI=1S/C29H41FN2O4/c1-9-24(27(35)31-20-13-14-22(23(33)17-20)32-26(34)18(4)30)36-25-15-12-19(28(5,6)10-2)16-21(25)29(7,8)11-3/h12-18,24,33H,9-11H2,1-8H3,(H,31,35)(H,32,34). The Kier molecular flexibility index (Phi) is 9.52. The van der Waals surface area contributed by atoms with Gasteiger partial charge in [-0.3, -0.25) is 9.59 Å². The van der Waals surface area contributed by atoms with Crippen LogP contribution >= 0.6 is 0 Å². The number of carbonyl (C=O) groups is 2. The third kappa shape index (κ3) is 6.99. The first-order valence-electron chi connectivity index (χ1n) is 12.7. The Morgan fingerprint density at radius 3 is 2.11 bits per heavy atom. The van der Waals surface area contributed by atoms with E-state index in [1.807, 2.05) is 13.0 Å². The van der Waals surface area contributed by atoms with Crippen molar-refractivity contribution in [2.75, 3.05) is 10.6 Å². The maximum absolute atomic E-state index is 13.1. The number of halogens is 1. The van der Waals surface area contributed by atoms with E-state index in [-0.39, 0.29) is 28.2 Å². The van der Waals surface area contributed by atoms with E-state index >= 15 is 0 Å². The van der Waals surface area contributed by atoms with Crippen molar-refractivity contribution in [3.8, 4) is 11.5 Å². The van der Waals surface area contributed by atoms with Gasteiger partial charge in [0.05, 0.1) is 5.69 Å². The summed E-state index contributed by atoms with van der Waals surface area (Å²) < 4.78 is 19.4. The van der Waals surface area contributed by atoms with E-state index in [0.717, 1.165) is 25.3 Å². The topological polar surface area (TPSA) is 87.7 Å². The van der Waals surface area contributed by atoms with Crippen molar-refractivity contribution in [3.05, 3.63) is 47.5 Å². The molecule has 2 aromatic rings. The summed E-state index contributed by atoms with van der Waals surface area (Å²) in [7, 11) is 0. The van der Waals surface area contributed by atoms with E-state index in [1.165, 1.54) is 23.8 Å². The highest BCUT2D eigenvalue weighted by Crippen LogP contribution is 2.39. The van der Waals surface area contributed by atoms with Crippen molar-refractivity contribution in [3.63, 3.8) is 0 Å². The Morgan fingerprint density at radius 1 is 0.944 bits per heavy atom. The summed E-state index contributed by atoms with van der Waals surface area (Å²) >= 11 is 0. The molecule has 198 valence electrons. The molecule has 0 spiro atoms. The Hall–Kier alpha value is -3.09. The molecule has 0 heterocycles. The number of amides is 2. The molecular weight excluding hydrogens is 459 g/mol. The van der Waals surface area contributed by atoms with E-state index in [9.17, 15) is 19.1 Å². The lowest BCUT2D eigenvalue weighted by Gasteiger charge is -2.31. The third-order valence-electron chi connectivity index (χ3n) is 7.07. The van der Waals surface area contributed by atoms with E-state index < -0.39 is 18.2 Å². The van der Waals surface area contributed by atoms with Crippen LogP contribution < -0.4 is 15.4 Å². The number of benzene rings is 2. The van der Waals surface area contributed by atoms with Crippen LogP contribution in [0.15, 0.2) is 36.4 Å². The van der Waals surface area contributed by atoms with Crippen molar-refractivity contribution in [1.29, 1.82) is 0 Å². The highest BCUT2D eigenvalue weighted by Gasteiger charge is 2.29. The molecule has 0 aliphatic rings. The van der Waals surface area contributed by atoms with E-state index in [0.29, 0.717) is 17.9 Å². The van der Waals surface area contributed by atoms with E-state index in [1.54, 1.807) is 0 Å². The molecule has 2 amide bonds. The number of alkyl halides is 1. The molecule has 36 heavy (non-hydrogen) atoms. The number of anilines is 2. The summed E-state index contributed by atoms with van der Waals surface area (Å²) in [5, 5.41) is 15.3. The number of phenols is 1. The minimum absolute atomic E-state index is 0.0223. The molecular formula is C29H41FN2O4. The van der Waals surface area contributed by atoms with Crippen molar-refractivity contribution in [1.82, 2.24) is 0 Å². The first-order valence-corrected chi connectivity index (χ1v) is 12.7. The van der Waals surface area contributed by atoms with Crippen molar-refractivity contribution in [2.24, 2.45) is 0 Å². The maximum Gasteiger partial charge on any atom is 0.265 e. The van der Waals surface area contributed by atoms with Crippen LogP contribution in [0.1, 0.15) is 85.8 Å². The summed E-state index contributed by atoms with van der Waals surface area (Å²) in [6.45, 7) is 16.1. The van der Waals surface area contributed by atoms with Crippen LogP contribution in [0.25, 0.3) is 0 Å². The number of rotatable bonds is 11. The second-order valence-electron chi connectivity index (χ2n) is 10.5. The molecule has 2 aromatic carbocycles. The smallest absolute Gasteiger partial charge is 0.265 e. The predicted octanol–water partition coefficient (Wildman–Crippen LogP) is 6.86. The summed E-state index contributed by atoms with van der Waals surface area (Å²) in [6, 6.07) is 10.5. The van der Waals surface area contributed by atoms with Crippen molar-refractivity contribution in [2.45, 2.75) is 97.8 Å². The minimum atomic E-state index is -1.71. The van der Waals surface area contributed by atoms with Crippen LogP contribution in [0.2, 0.25) is 0 Å². The van der Waals surface area contributed by atoms with Crippen LogP contribution in [-0.2, 0) is 20.4 Å². The molecule has 3 N–H and O–H groups in total. The van der Waals surface area contributed by atoms with Crippen molar-refractivity contribution >= 4 is 23.2 Å². The number of nitrogens with one attached hydrogen (secondary N) is 2. The molecule has 2 unspecified atom stereocenters. The van der Waals surface area contributed by atoms with Gasteiger partial charge in [0.25, 0.3) is 11.8 Å². The highest BCUT2D eigenvalue weighted by atomic mass is 19.1. The van der Waals surface area contributed by atoms with Gasteiger partial charge >= 0.3 is 0 Å². The molecule has 0 bridgehead atoms. The van der Waals surface area contributed by atoms with Gasteiger partial charge in [-0.1, -0.05) is 60.6 Å². The molecule has 6 nitrogen and oxygen atoms in total. The summed E-state index contributed by atoms with van der Waals surface area (Å²) in [5.41, 5.74) is 2.57. The fraction of sp³-hybridized carbons (Fsp3) is 0.517. The SMILES string of the molecule is CCC(Oc1ccc(C(C)(C)CC)cc1C(C)(C)CC)C(=O)Nc1ccc(NC(=O)C(C)F)c(O)c1. The number of hydrogen-bond acceptors (Lipinski definition) is 4. The lowest BCUT2D eigenvalue weighted by molar-refractivity contribution is -0.123. The fourth-order valence-corrected chi connectivity index (χ4v) is 3.62. The first-order chi connectivity index (χ1) is 16.7. The van der Waals surface area contributed by atoms with E-state index in [4.69, 9.17) is 4.74 Å². The lowest BCUT2D eigenvalue weighted by atomic mass is 9.76. The molecule has 0 aliphatic heterocycles. The Labute approximate surface area is 214 Å². The fourth-order valence-electron chi connectivity index (χ4n) is 3.62. The highest BCUT2D eigenvalue weighted by molar-refractivity contribution is 5.97. The van der Waals surface area contributed by atoms with Crippen molar-refractivity contribution < 1.29 is 23.8 Å². The Morgan fingerprint density at radius 2 is 1.58 bits per heavy atom. The summed E-state index contributed by atoms with van der Waals surface area (Å²) in [4.78, 5) is 24.6. The summed E-state index contributed by atoms with van der Waals surface area (Å²) in [6.07, 6.45) is -0.118. The number of ether oxygens (including phenoxy) is 1. The van der Waals surface area contributed by atoms with Crippen LogP contribution in [0.3, 0.4) is 0 Å². The molecule has 0 fully saturated rings. The van der Waals surface area contributed by atoms with Gasteiger partial charge in [-0.05, 0) is 60.8 Å². The van der Waals surface area contributed by atoms with Crippen LogP contribution in [0, 0.1) is 0 Å². The molecule has 2 atom stereocenters. The number of phenolic OH excluding ortho intramolecular Hbond substituents is 1. The largest absolute Gasteiger partial charge is 0.506 e. The van der Waals surface area contributed by atoms with E-state index in [2.05, 4.69) is 64.3 Å². The Bertz CT molecular complexity index is 1080. The molecule has 0 saturated carbocycles. The van der Waals surface area contributed by atoms with Crippen LogP contribution in [-0.4, -0.2) is 29.2 Å². The van der Waals surface area contributed by atoms with Gasteiger partial charge in [-0.25, -0.2) is 4.39 Å². The van der Waals surface area contributed by atoms with Gasteiger partial charge in [0.2, 0.25) is 0 Å². The summed E-state index contributed by atoms with van der Waals surface area (Å²) in [5.74, 6) is -0.817. The average molecular weight is 501 g/mol. The average Bonchev–Trinajstić information content (AvgIpc) is 2.83. The second kappa shape index (κ2) is 11.8. The maximum atomic E-state index is 13.1. The molecule has 0 aliphatic carbocycles. The van der Waals surface area contributed by atoms with Crippen LogP contribution in [0.5, 0.6) is 11.5 Å². The lowest BCUT2D eigenvalue weighted by Crippen LogP contribution is -2.33. The third-order valence-corrected chi connectivity index (χ3v) is 7.07. The number of aromatic hydroxyl groups is 1. The zero-order valence-corrected chi connectivity index (χ0v) is 22.8. The molecule has 7 heteroatoms. The molecule has 0 saturated heterocycles. The van der Waals surface area contributed by atoms with Gasteiger partial charge in [-0.2, -0.15) is 0 Å². The van der Waals surface area contributed by atoms with Gasteiger partial charge in [0.15, 0.2) is 12.3 Å². The second-order valence-corrected chi connectivity index (χ2v) is 10.5. The number of hydrogen-bond donors (Lipinski definition) is 3. The van der Waals surface area contributed by atoms with Gasteiger partial charge < -0.3 is 20.5 Å². The monoisotopic (exact) mass is 500 g/mol. The van der Waals surface area contributed by atoms with Gasteiger partial charge in [-0.15, -0.1) is 0 Å². The quantitative estimate of drug-likeness (QED) is 0.294. The minimum Gasteiger partial charge on any atom is -0.506 e. The molecule has 0 aromatic heterocycles. The molecule has 0 radical (unpaired) electrons. The van der Waals surface area contributed by atoms with Crippen LogP contribution in [0.4, 0.5) is 15.8 Å².